The molecule has 3 heterocycles. The first kappa shape index (κ1) is 10.3. The van der Waals surface area contributed by atoms with Gasteiger partial charge >= 0.3 is 0 Å². The molecule has 4 rings (SSSR count). The van der Waals surface area contributed by atoms with Gasteiger partial charge in [0.05, 0.1) is 5.39 Å². The molecule has 1 aliphatic carbocycles. The van der Waals surface area contributed by atoms with Crippen LogP contribution in [-0.4, -0.2) is 41.6 Å². The molecule has 5 heteroatoms. The van der Waals surface area contributed by atoms with Crippen molar-refractivity contribution in [1.82, 2.24) is 20.3 Å². The summed E-state index contributed by atoms with van der Waals surface area (Å²) in [4.78, 5) is 14.1. The van der Waals surface area contributed by atoms with E-state index in [4.69, 9.17) is 0 Å². The molecule has 0 bridgehead atoms. The molecule has 0 aromatic carbocycles. The first-order chi connectivity index (χ1) is 8.84. The van der Waals surface area contributed by atoms with Gasteiger partial charge in [-0.1, -0.05) is 0 Å². The molecule has 5 nitrogen and oxygen atoms in total. The molecule has 1 aliphatic heterocycles. The summed E-state index contributed by atoms with van der Waals surface area (Å²) in [5, 5.41) is 4.56. The van der Waals surface area contributed by atoms with E-state index in [0.717, 1.165) is 41.1 Å². The molecule has 18 heavy (non-hydrogen) atoms. The molecule has 0 unspecified atom stereocenters. The highest BCUT2D eigenvalue weighted by Crippen LogP contribution is 2.49. The lowest BCUT2D eigenvalue weighted by molar-refractivity contribution is 0.591. The highest BCUT2D eigenvalue weighted by Gasteiger charge is 2.52. The molecule has 2 aliphatic rings. The van der Waals surface area contributed by atoms with Crippen molar-refractivity contribution in [2.24, 2.45) is 17.8 Å². The normalized spacial score (nSPS) is 29.5. The largest absolute Gasteiger partial charge is 0.359 e. The molecule has 2 aromatic heterocycles. The number of aromatic amines is 1. The van der Waals surface area contributed by atoms with Crippen molar-refractivity contribution in [3.8, 4) is 0 Å². The van der Waals surface area contributed by atoms with Crippen LogP contribution >= 0.6 is 0 Å². The number of hydrogen-bond donors (Lipinski definition) is 2. The Morgan fingerprint density at radius 1 is 1.33 bits per heavy atom. The van der Waals surface area contributed by atoms with Crippen molar-refractivity contribution in [3.63, 3.8) is 0 Å². The first-order valence-electron chi connectivity index (χ1n) is 6.54. The Morgan fingerprint density at radius 3 is 3.00 bits per heavy atom. The third-order valence-corrected chi connectivity index (χ3v) is 4.45. The number of nitrogens with one attached hydrogen (secondary N) is 2. The number of fused-ring (bicyclic) bond motifs is 2. The van der Waals surface area contributed by atoms with Crippen LogP contribution in [0.1, 0.15) is 0 Å². The zero-order chi connectivity index (χ0) is 12.1. The Morgan fingerprint density at radius 2 is 2.17 bits per heavy atom. The van der Waals surface area contributed by atoms with Crippen molar-refractivity contribution < 1.29 is 0 Å². The average Bonchev–Trinajstić information content (AvgIpc) is 2.82. The molecule has 94 valence electrons. The van der Waals surface area contributed by atoms with Gasteiger partial charge in [0.25, 0.3) is 0 Å². The van der Waals surface area contributed by atoms with E-state index in [1.807, 2.05) is 6.20 Å². The number of nitrogens with zero attached hydrogens (tertiary/aromatic N) is 3. The minimum absolute atomic E-state index is 0.847. The predicted molar refractivity (Wildman–Crippen MR) is 70.5 cm³/mol. The number of H-pyrrole nitrogens is 1. The van der Waals surface area contributed by atoms with Gasteiger partial charge in [0.15, 0.2) is 0 Å². The summed E-state index contributed by atoms with van der Waals surface area (Å²) < 4.78 is 0. The van der Waals surface area contributed by atoms with Crippen LogP contribution < -0.4 is 10.2 Å². The van der Waals surface area contributed by atoms with E-state index in [0.29, 0.717) is 0 Å². The summed E-state index contributed by atoms with van der Waals surface area (Å²) in [7, 11) is 2.14. The predicted octanol–water partition coefficient (Wildman–Crippen LogP) is 0.859. The number of anilines is 1. The molecule has 1 saturated heterocycles. The van der Waals surface area contributed by atoms with Gasteiger partial charge in [-0.25, -0.2) is 9.97 Å². The fourth-order valence-corrected chi connectivity index (χ4v) is 3.38. The van der Waals surface area contributed by atoms with Crippen molar-refractivity contribution in [3.05, 3.63) is 18.6 Å². The summed E-state index contributed by atoms with van der Waals surface area (Å²) >= 11 is 0. The van der Waals surface area contributed by atoms with Crippen molar-refractivity contribution in [2.45, 2.75) is 0 Å². The van der Waals surface area contributed by atoms with E-state index < -0.39 is 0 Å². The molecule has 2 aromatic rings. The Bertz CT molecular complexity index is 568. The Kier molecular flexibility index (Phi) is 2.11. The van der Waals surface area contributed by atoms with Crippen LogP contribution in [0.5, 0.6) is 0 Å². The van der Waals surface area contributed by atoms with E-state index >= 15 is 0 Å². The summed E-state index contributed by atoms with van der Waals surface area (Å²) in [5.41, 5.74) is 0.921. The lowest BCUT2D eigenvalue weighted by Crippen LogP contribution is -2.26. The average molecular weight is 243 g/mol. The van der Waals surface area contributed by atoms with Crippen molar-refractivity contribution in [1.29, 1.82) is 0 Å². The highest BCUT2D eigenvalue weighted by molar-refractivity contribution is 5.87. The zero-order valence-corrected chi connectivity index (χ0v) is 10.4. The monoisotopic (exact) mass is 243 g/mol. The van der Waals surface area contributed by atoms with Crippen molar-refractivity contribution in [2.75, 3.05) is 31.6 Å². The van der Waals surface area contributed by atoms with Gasteiger partial charge in [-0.05, 0) is 36.9 Å². The van der Waals surface area contributed by atoms with E-state index in [1.165, 1.54) is 13.1 Å². The maximum Gasteiger partial charge on any atom is 0.142 e. The number of piperidine rings is 1. The highest BCUT2D eigenvalue weighted by atomic mass is 15.2. The minimum Gasteiger partial charge on any atom is -0.359 e. The van der Waals surface area contributed by atoms with Gasteiger partial charge in [-0.3, -0.25) is 0 Å². The maximum atomic E-state index is 4.43. The molecule has 0 radical (unpaired) electrons. The van der Waals surface area contributed by atoms with Crippen LogP contribution in [0.15, 0.2) is 18.6 Å². The second kappa shape index (κ2) is 3.68. The van der Waals surface area contributed by atoms with Crippen LogP contribution in [0.3, 0.4) is 0 Å². The molecule has 3 atom stereocenters. The van der Waals surface area contributed by atoms with Crippen LogP contribution in [0, 0.1) is 17.8 Å². The topological polar surface area (TPSA) is 56.8 Å². The fraction of sp³-hybridized carbons (Fsp3) is 0.538. The quantitative estimate of drug-likeness (QED) is 0.839. The van der Waals surface area contributed by atoms with Crippen LogP contribution in [-0.2, 0) is 0 Å². The second-order valence-electron chi connectivity index (χ2n) is 5.47. The van der Waals surface area contributed by atoms with Gasteiger partial charge < -0.3 is 15.2 Å². The molecular weight excluding hydrogens is 226 g/mol. The lowest BCUT2D eigenvalue weighted by Gasteiger charge is -2.19. The molecule has 2 fully saturated rings. The van der Waals surface area contributed by atoms with Crippen LogP contribution in [0.25, 0.3) is 11.0 Å². The maximum absolute atomic E-state index is 4.43. The third kappa shape index (κ3) is 1.43. The summed E-state index contributed by atoms with van der Waals surface area (Å²) in [6, 6.07) is 2.05. The fourth-order valence-electron chi connectivity index (χ4n) is 3.38. The van der Waals surface area contributed by atoms with E-state index in [9.17, 15) is 0 Å². The van der Waals surface area contributed by atoms with Crippen LogP contribution in [0.2, 0.25) is 0 Å². The number of aromatic nitrogens is 3. The molecule has 0 amide bonds. The van der Waals surface area contributed by atoms with E-state index in [2.05, 4.69) is 38.3 Å². The van der Waals surface area contributed by atoms with Gasteiger partial charge in [-0.15, -0.1) is 0 Å². The summed E-state index contributed by atoms with van der Waals surface area (Å²) in [6.45, 7) is 3.51. The second-order valence-corrected chi connectivity index (χ2v) is 5.47. The van der Waals surface area contributed by atoms with Crippen molar-refractivity contribution >= 4 is 16.9 Å². The third-order valence-electron chi connectivity index (χ3n) is 4.45. The van der Waals surface area contributed by atoms with Crippen LogP contribution in [0.4, 0.5) is 5.82 Å². The van der Waals surface area contributed by atoms with Gasteiger partial charge in [0.2, 0.25) is 0 Å². The standard InChI is InChI=1S/C13H17N5/c1-18(6-11-9-4-14-5-10(9)11)13-8-2-3-15-12(8)16-7-17-13/h2-3,7,9-11,14H,4-6H2,1H3,(H,15,16,17)/t9-,10+,11+. The molecule has 1 saturated carbocycles. The smallest absolute Gasteiger partial charge is 0.142 e. The van der Waals surface area contributed by atoms with E-state index in [-0.39, 0.29) is 0 Å². The molecule has 2 N–H and O–H groups in total. The van der Waals surface area contributed by atoms with Gasteiger partial charge in [-0.2, -0.15) is 0 Å². The van der Waals surface area contributed by atoms with E-state index in [1.54, 1.807) is 6.33 Å². The Labute approximate surface area is 106 Å². The van der Waals surface area contributed by atoms with Gasteiger partial charge in [0.1, 0.15) is 17.8 Å². The number of hydrogen-bond acceptors (Lipinski definition) is 4. The SMILES string of the molecule is CN(C[C@H]1[C@@H]2CNC[C@@H]21)c1ncnc2[nH]ccc12. The summed E-state index contributed by atoms with van der Waals surface area (Å²) in [5.74, 6) is 3.69. The number of rotatable bonds is 3. The zero-order valence-electron chi connectivity index (χ0n) is 10.4. The Hall–Kier alpha value is -1.62. The molecular formula is C13H17N5. The Balaban J connectivity index is 1.57. The lowest BCUT2D eigenvalue weighted by atomic mass is 10.2. The van der Waals surface area contributed by atoms with Gasteiger partial charge in [0, 0.05) is 19.8 Å². The minimum atomic E-state index is 0.847. The first-order valence-corrected chi connectivity index (χ1v) is 6.54. The molecule has 0 spiro atoms. The summed E-state index contributed by atoms with van der Waals surface area (Å²) in [6.07, 6.45) is 3.56.